The third-order valence-electron chi connectivity index (χ3n) is 6.32. The van der Waals surface area contributed by atoms with Gasteiger partial charge in [-0.1, -0.05) is 54.6 Å². The molecule has 2 aromatic carbocycles. The van der Waals surface area contributed by atoms with Crippen molar-refractivity contribution in [2.45, 2.75) is 19.4 Å². The number of fused-ring (bicyclic) bond motifs is 1. The van der Waals surface area contributed by atoms with Crippen LogP contribution < -0.4 is 10.8 Å². The zero-order chi connectivity index (χ0) is 27.3. The summed E-state index contributed by atoms with van der Waals surface area (Å²) in [4.78, 5) is 33.2. The maximum Gasteiger partial charge on any atom is 0.407 e. The summed E-state index contributed by atoms with van der Waals surface area (Å²) in [7, 11) is 0. The number of nitrogens with zero attached hydrogens (tertiary/aromatic N) is 2. The summed E-state index contributed by atoms with van der Waals surface area (Å²) in [5.41, 5.74) is 6.81. The standard InChI is InChI=1S/C30H33N5O4/c36-29(34-38)13-12-23-8-10-24(11-9-23)22-35(16-14-26-21-32-28-7-2-1-6-27(26)28)17-18-39-30(37)33-20-25-5-3-4-15-31-19-25/h1-2,4-13,15,19,21,32,38H,3,14,16-18,20,22H2,(H,33,37)(H,34,36)/b13-12+. The fourth-order valence-electron chi connectivity index (χ4n) is 4.23. The molecule has 0 saturated carbocycles. The van der Waals surface area contributed by atoms with Crippen LogP contribution in [0.25, 0.3) is 17.0 Å². The number of aliphatic imine (C=N–C) groups is 1. The lowest BCUT2D eigenvalue weighted by Gasteiger charge is -2.22. The van der Waals surface area contributed by atoms with Crippen molar-refractivity contribution in [3.8, 4) is 0 Å². The van der Waals surface area contributed by atoms with Gasteiger partial charge in [-0.3, -0.25) is 19.9 Å². The van der Waals surface area contributed by atoms with Crippen LogP contribution in [0.15, 0.2) is 89.7 Å². The quantitative estimate of drug-likeness (QED) is 0.158. The summed E-state index contributed by atoms with van der Waals surface area (Å²) in [5, 5.41) is 12.6. The highest BCUT2D eigenvalue weighted by atomic mass is 16.5. The Hall–Kier alpha value is -4.47. The molecule has 2 amide bonds. The van der Waals surface area contributed by atoms with Gasteiger partial charge in [0.2, 0.25) is 0 Å². The molecule has 3 aromatic rings. The number of hydrogen-bond donors (Lipinski definition) is 4. The number of H-pyrrole nitrogens is 1. The van der Waals surface area contributed by atoms with E-state index in [-0.39, 0.29) is 6.61 Å². The van der Waals surface area contributed by atoms with Crippen LogP contribution in [0.4, 0.5) is 4.79 Å². The molecule has 9 heteroatoms. The monoisotopic (exact) mass is 527 g/mol. The molecule has 2 heterocycles. The highest BCUT2D eigenvalue weighted by Gasteiger charge is 2.11. The largest absolute Gasteiger partial charge is 0.448 e. The van der Waals surface area contributed by atoms with Gasteiger partial charge in [0.25, 0.3) is 5.91 Å². The Morgan fingerprint density at radius 1 is 1.13 bits per heavy atom. The Bertz CT molecular complexity index is 1370. The van der Waals surface area contributed by atoms with Gasteiger partial charge in [-0.25, -0.2) is 10.3 Å². The molecule has 4 rings (SSSR count). The Balaban J connectivity index is 1.33. The van der Waals surface area contributed by atoms with Crippen molar-refractivity contribution in [1.29, 1.82) is 0 Å². The second-order valence-corrected chi connectivity index (χ2v) is 9.10. The van der Waals surface area contributed by atoms with Crippen LogP contribution in [0, 0.1) is 0 Å². The number of para-hydroxylation sites is 1. The molecule has 1 aliphatic heterocycles. The lowest BCUT2D eigenvalue weighted by Crippen LogP contribution is -2.33. The third-order valence-corrected chi connectivity index (χ3v) is 6.32. The predicted molar refractivity (Wildman–Crippen MR) is 152 cm³/mol. The average molecular weight is 528 g/mol. The molecule has 4 N–H and O–H groups in total. The van der Waals surface area contributed by atoms with Gasteiger partial charge >= 0.3 is 6.09 Å². The molecule has 1 aromatic heterocycles. The van der Waals surface area contributed by atoms with Gasteiger partial charge in [0.05, 0.1) is 0 Å². The van der Waals surface area contributed by atoms with E-state index >= 15 is 0 Å². The van der Waals surface area contributed by atoms with E-state index in [1.54, 1.807) is 24.0 Å². The zero-order valence-corrected chi connectivity index (χ0v) is 21.7. The van der Waals surface area contributed by atoms with Crippen LogP contribution in [-0.4, -0.2) is 59.5 Å². The molecule has 0 fully saturated rings. The van der Waals surface area contributed by atoms with Crippen molar-refractivity contribution < 1.29 is 19.5 Å². The van der Waals surface area contributed by atoms with Gasteiger partial charge in [0, 0.05) is 61.8 Å². The Labute approximate surface area is 227 Å². The smallest absolute Gasteiger partial charge is 0.407 e. The van der Waals surface area contributed by atoms with Crippen LogP contribution in [0.5, 0.6) is 0 Å². The molecule has 39 heavy (non-hydrogen) atoms. The first-order chi connectivity index (χ1) is 19.1. The minimum atomic E-state index is -0.581. The number of nitrogens with one attached hydrogen (secondary N) is 3. The molecular weight excluding hydrogens is 494 g/mol. The number of aromatic nitrogens is 1. The van der Waals surface area contributed by atoms with Crippen LogP contribution >= 0.6 is 0 Å². The first-order valence-corrected chi connectivity index (χ1v) is 12.9. The molecule has 9 nitrogen and oxygen atoms in total. The molecule has 0 bridgehead atoms. The zero-order valence-electron chi connectivity index (χ0n) is 21.7. The molecule has 0 saturated heterocycles. The van der Waals surface area contributed by atoms with E-state index in [4.69, 9.17) is 9.94 Å². The number of hydrogen-bond acceptors (Lipinski definition) is 6. The van der Waals surface area contributed by atoms with E-state index < -0.39 is 12.0 Å². The van der Waals surface area contributed by atoms with Gasteiger partial charge in [0.15, 0.2) is 0 Å². The summed E-state index contributed by atoms with van der Waals surface area (Å²) in [6.45, 7) is 2.65. The Morgan fingerprint density at radius 2 is 1.97 bits per heavy atom. The fourth-order valence-corrected chi connectivity index (χ4v) is 4.23. The van der Waals surface area contributed by atoms with E-state index in [1.807, 2.05) is 48.6 Å². The normalized spacial score (nSPS) is 13.0. The van der Waals surface area contributed by atoms with Crippen molar-refractivity contribution in [1.82, 2.24) is 20.7 Å². The molecule has 0 atom stereocenters. The lowest BCUT2D eigenvalue weighted by atomic mass is 10.1. The number of aromatic amines is 1. The van der Waals surface area contributed by atoms with E-state index in [0.717, 1.165) is 41.6 Å². The van der Waals surface area contributed by atoms with E-state index in [2.05, 4.69) is 38.5 Å². The molecule has 202 valence electrons. The molecule has 0 spiro atoms. The number of rotatable bonds is 12. The number of alkyl carbamates (subject to hydrolysis) is 1. The molecule has 1 aliphatic rings. The maximum absolute atomic E-state index is 12.3. The summed E-state index contributed by atoms with van der Waals surface area (Å²) in [5.74, 6) is -0.581. The van der Waals surface area contributed by atoms with E-state index in [0.29, 0.717) is 19.6 Å². The van der Waals surface area contributed by atoms with Crippen LogP contribution in [-0.2, 0) is 22.5 Å². The van der Waals surface area contributed by atoms with Gasteiger partial charge < -0.3 is 15.0 Å². The second-order valence-electron chi connectivity index (χ2n) is 9.10. The number of hydroxylamine groups is 1. The summed E-state index contributed by atoms with van der Waals surface area (Å²) in [6, 6.07) is 16.1. The van der Waals surface area contributed by atoms with Gasteiger partial charge in [0.1, 0.15) is 6.61 Å². The minimum Gasteiger partial charge on any atom is -0.448 e. The second kappa shape index (κ2) is 14.5. The number of carbonyl (C=O) groups excluding carboxylic acids is 2. The van der Waals surface area contributed by atoms with E-state index in [1.165, 1.54) is 17.0 Å². The highest BCUT2D eigenvalue weighted by Crippen LogP contribution is 2.19. The van der Waals surface area contributed by atoms with Crippen LogP contribution in [0.3, 0.4) is 0 Å². The number of carbonyl (C=O) groups is 2. The SMILES string of the molecule is O=C(/C=C/c1ccc(CN(CCOC(=O)NCC2=CCC=CN=C2)CCc2c[nH]c3ccccc23)cc1)NO. The molecule has 0 aliphatic carbocycles. The molecule has 0 radical (unpaired) electrons. The summed E-state index contributed by atoms with van der Waals surface area (Å²) >= 11 is 0. The third kappa shape index (κ3) is 8.80. The summed E-state index contributed by atoms with van der Waals surface area (Å²) < 4.78 is 5.47. The summed E-state index contributed by atoms with van der Waals surface area (Å²) in [6.07, 6.45) is 13.6. The Kier molecular flexibility index (Phi) is 10.2. The van der Waals surface area contributed by atoms with Crippen molar-refractivity contribution in [2.75, 3.05) is 26.2 Å². The number of allylic oxidation sites excluding steroid dienone is 2. The highest BCUT2D eigenvalue weighted by molar-refractivity contribution is 5.90. The van der Waals surface area contributed by atoms with Gasteiger partial charge in [-0.2, -0.15) is 0 Å². The number of amides is 2. The maximum atomic E-state index is 12.3. The van der Waals surface area contributed by atoms with Crippen molar-refractivity contribution >= 4 is 35.2 Å². The number of benzene rings is 2. The number of ether oxygens (including phenoxy) is 1. The van der Waals surface area contributed by atoms with Gasteiger partial charge in [-0.05, 0) is 47.2 Å². The fraction of sp³-hybridized carbons (Fsp3) is 0.233. The van der Waals surface area contributed by atoms with Crippen LogP contribution in [0.1, 0.15) is 23.1 Å². The van der Waals surface area contributed by atoms with Crippen molar-refractivity contribution in [3.63, 3.8) is 0 Å². The first kappa shape index (κ1) is 27.6. The van der Waals surface area contributed by atoms with E-state index in [9.17, 15) is 9.59 Å². The Morgan fingerprint density at radius 3 is 2.82 bits per heavy atom. The molecular formula is C30H33N5O4. The van der Waals surface area contributed by atoms with Crippen molar-refractivity contribution in [3.05, 3.63) is 101 Å². The van der Waals surface area contributed by atoms with Gasteiger partial charge in [-0.15, -0.1) is 0 Å². The molecule has 0 unspecified atom stereocenters. The average Bonchev–Trinajstić information content (AvgIpc) is 3.19. The van der Waals surface area contributed by atoms with Crippen LogP contribution in [0.2, 0.25) is 0 Å². The first-order valence-electron chi connectivity index (χ1n) is 12.9. The topological polar surface area (TPSA) is 119 Å². The predicted octanol–water partition coefficient (Wildman–Crippen LogP) is 4.37. The lowest BCUT2D eigenvalue weighted by molar-refractivity contribution is -0.124. The minimum absolute atomic E-state index is 0.255. The van der Waals surface area contributed by atoms with Crippen molar-refractivity contribution in [2.24, 2.45) is 4.99 Å².